The number of rotatable bonds is 4. The number of nitrogens with zero attached hydrogens (tertiary/aromatic N) is 3. The van der Waals surface area contributed by atoms with Crippen molar-refractivity contribution in [3.8, 4) is 17.9 Å². The van der Waals surface area contributed by atoms with Gasteiger partial charge in [-0.2, -0.15) is 15.6 Å². The summed E-state index contributed by atoms with van der Waals surface area (Å²) in [6.45, 7) is 2.43. The van der Waals surface area contributed by atoms with Gasteiger partial charge in [0.05, 0.1) is 16.8 Å². The molecule has 0 spiro atoms. The predicted octanol–water partition coefficient (Wildman–Crippen LogP) is 2.66. The molecule has 5 nitrogen and oxygen atoms in total. The van der Waals surface area contributed by atoms with E-state index < -0.39 is 0 Å². The van der Waals surface area contributed by atoms with Crippen molar-refractivity contribution in [2.45, 2.75) is 6.92 Å². The molecule has 0 aromatic heterocycles. The molecule has 17 heavy (non-hydrogen) atoms. The standard InChI is InChI=1S/C11H9BrN4O/c1-2-17-11-5-8(3-4-10(11)12)15-16-9(6-13)7-14/h3-5,15H,2H2,1H3. The third kappa shape index (κ3) is 3.78. The maximum Gasteiger partial charge on any atom is 0.237 e. The Hall–Kier alpha value is -2.05. The lowest BCUT2D eigenvalue weighted by Crippen LogP contribution is -1.98. The molecule has 6 heteroatoms. The Balaban J connectivity index is 2.87. The molecule has 1 aromatic carbocycles. The van der Waals surface area contributed by atoms with Gasteiger partial charge in [-0.3, -0.25) is 5.43 Å². The van der Waals surface area contributed by atoms with Gasteiger partial charge in [0.2, 0.25) is 5.71 Å². The molecule has 0 fully saturated rings. The second-order valence-electron chi connectivity index (χ2n) is 2.87. The van der Waals surface area contributed by atoms with E-state index >= 15 is 0 Å². The number of halogens is 1. The fraction of sp³-hybridized carbons (Fsp3) is 0.182. The van der Waals surface area contributed by atoms with E-state index in [1.807, 2.05) is 6.92 Å². The van der Waals surface area contributed by atoms with Gasteiger partial charge in [-0.25, -0.2) is 0 Å². The monoisotopic (exact) mass is 292 g/mol. The highest BCUT2D eigenvalue weighted by atomic mass is 79.9. The average Bonchev–Trinajstić information content (AvgIpc) is 2.34. The molecule has 0 aliphatic carbocycles. The number of nitriles is 2. The zero-order valence-corrected chi connectivity index (χ0v) is 10.7. The Kier molecular flexibility index (Phi) is 4.99. The topological polar surface area (TPSA) is 81.2 Å². The van der Waals surface area contributed by atoms with Crippen LogP contribution in [0.2, 0.25) is 0 Å². The van der Waals surface area contributed by atoms with E-state index in [4.69, 9.17) is 15.3 Å². The van der Waals surface area contributed by atoms with Gasteiger partial charge in [-0.05, 0) is 35.0 Å². The molecule has 0 aliphatic rings. The third-order valence-corrected chi connectivity index (χ3v) is 2.39. The molecule has 0 heterocycles. The summed E-state index contributed by atoms with van der Waals surface area (Å²) < 4.78 is 6.20. The summed E-state index contributed by atoms with van der Waals surface area (Å²) in [5.41, 5.74) is 3.02. The number of hydrogen-bond acceptors (Lipinski definition) is 5. The number of hydrazone groups is 1. The highest BCUT2D eigenvalue weighted by molar-refractivity contribution is 9.10. The van der Waals surface area contributed by atoms with Crippen LogP contribution in [0.1, 0.15) is 6.92 Å². The van der Waals surface area contributed by atoms with Crippen molar-refractivity contribution in [2.75, 3.05) is 12.0 Å². The summed E-state index contributed by atoms with van der Waals surface area (Å²) in [6, 6.07) is 8.59. The molecule has 1 rings (SSSR count). The molecule has 0 unspecified atom stereocenters. The Morgan fingerprint density at radius 2 is 2.18 bits per heavy atom. The molecule has 0 saturated carbocycles. The minimum atomic E-state index is -0.231. The van der Waals surface area contributed by atoms with E-state index in [2.05, 4.69) is 26.5 Å². The summed E-state index contributed by atoms with van der Waals surface area (Å²) in [7, 11) is 0. The van der Waals surface area contributed by atoms with E-state index in [9.17, 15) is 0 Å². The molecule has 0 bridgehead atoms. The van der Waals surface area contributed by atoms with Crippen LogP contribution in [0.5, 0.6) is 5.75 Å². The van der Waals surface area contributed by atoms with Crippen LogP contribution < -0.4 is 10.2 Å². The summed E-state index contributed by atoms with van der Waals surface area (Å²) in [5, 5.41) is 20.7. The van der Waals surface area contributed by atoms with Gasteiger partial charge >= 0.3 is 0 Å². The van der Waals surface area contributed by atoms with Gasteiger partial charge < -0.3 is 4.74 Å². The second kappa shape index (κ2) is 6.51. The first-order valence-corrected chi connectivity index (χ1v) is 5.56. The predicted molar refractivity (Wildman–Crippen MR) is 67.6 cm³/mol. The zero-order valence-electron chi connectivity index (χ0n) is 9.07. The van der Waals surface area contributed by atoms with Gasteiger partial charge in [0, 0.05) is 6.07 Å². The summed E-state index contributed by atoms with van der Waals surface area (Å²) in [4.78, 5) is 0. The van der Waals surface area contributed by atoms with Crippen LogP contribution in [0.15, 0.2) is 27.8 Å². The lowest BCUT2D eigenvalue weighted by molar-refractivity contribution is 0.338. The Labute approximate surface area is 107 Å². The Morgan fingerprint density at radius 1 is 1.47 bits per heavy atom. The molecule has 1 aromatic rings. The van der Waals surface area contributed by atoms with Crippen molar-refractivity contribution in [1.82, 2.24) is 0 Å². The fourth-order valence-corrected chi connectivity index (χ4v) is 1.40. The highest BCUT2D eigenvalue weighted by Gasteiger charge is 2.02. The van der Waals surface area contributed by atoms with E-state index in [1.165, 1.54) is 0 Å². The van der Waals surface area contributed by atoms with Gasteiger partial charge in [0.1, 0.15) is 17.9 Å². The molecule has 0 amide bonds. The number of hydrogen-bond donors (Lipinski definition) is 1. The number of ether oxygens (including phenoxy) is 1. The van der Waals surface area contributed by atoms with E-state index in [0.717, 1.165) is 4.47 Å². The van der Waals surface area contributed by atoms with Gasteiger partial charge in [-0.15, -0.1) is 0 Å². The van der Waals surface area contributed by atoms with Crippen LogP contribution in [0.4, 0.5) is 5.69 Å². The summed E-state index contributed by atoms with van der Waals surface area (Å²) in [6.07, 6.45) is 0. The number of anilines is 1. The van der Waals surface area contributed by atoms with Crippen LogP contribution >= 0.6 is 15.9 Å². The molecule has 0 atom stereocenters. The van der Waals surface area contributed by atoms with Gasteiger partial charge in [-0.1, -0.05) is 0 Å². The zero-order chi connectivity index (χ0) is 12.7. The fourth-order valence-electron chi connectivity index (χ4n) is 1.03. The summed E-state index contributed by atoms with van der Waals surface area (Å²) in [5.74, 6) is 0.670. The van der Waals surface area contributed by atoms with Crippen LogP contribution in [-0.2, 0) is 0 Å². The maximum absolute atomic E-state index is 8.51. The molecular formula is C11H9BrN4O. The number of benzene rings is 1. The number of nitrogens with one attached hydrogen (secondary N) is 1. The van der Waals surface area contributed by atoms with Crippen LogP contribution in [-0.4, -0.2) is 12.3 Å². The van der Waals surface area contributed by atoms with Crippen molar-refractivity contribution >= 4 is 27.3 Å². The molecular weight excluding hydrogens is 284 g/mol. The first-order chi connectivity index (χ1) is 8.21. The maximum atomic E-state index is 8.51. The minimum absolute atomic E-state index is 0.231. The quantitative estimate of drug-likeness (QED) is 0.683. The minimum Gasteiger partial charge on any atom is -0.493 e. The average molecular weight is 293 g/mol. The first kappa shape index (κ1) is 13.0. The Morgan fingerprint density at radius 3 is 2.76 bits per heavy atom. The third-order valence-electron chi connectivity index (χ3n) is 1.74. The van der Waals surface area contributed by atoms with Crippen LogP contribution in [0, 0.1) is 22.7 Å². The Bertz CT molecular complexity index is 497. The molecule has 1 N–H and O–H groups in total. The summed E-state index contributed by atoms with van der Waals surface area (Å²) >= 11 is 3.35. The lowest BCUT2D eigenvalue weighted by atomic mass is 10.3. The molecule has 0 saturated heterocycles. The van der Waals surface area contributed by atoms with Crippen LogP contribution in [0.25, 0.3) is 0 Å². The van der Waals surface area contributed by atoms with E-state index in [-0.39, 0.29) is 5.71 Å². The van der Waals surface area contributed by atoms with E-state index in [1.54, 1.807) is 30.3 Å². The SMILES string of the molecule is CCOc1cc(NN=C(C#N)C#N)ccc1Br. The second-order valence-corrected chi connectivity index (χ2v) is 3.73. The van der Waals surface area contributed by atoms with Crippen molar-refractivity contribution in [3.63, 3.8) is 0 Å². The molecule has 0 aliphatic heterocycles. The van der Waals surface area contributed by atoms with E-state index in [0.29, 0.717) is 18.0 Å². The van der Waals surface area contributed by atoms with Crippen molar-refractivity contribution < 1.29 is 4.74 Å². The lowest BCUT2D eigenvalue weighted by Gasteiger charge is -2.07. The van der Waals surface area contributed by atoms with Crippen molar-refractivity contribution in [2.24, 2.45) is 5.10 Å². The van der Waals surface area contributed by atoms with Crippen molar-refractivity contribution in [1.29, 1.82) is 10.5 Å². The highest BCUT2D eigenvalue weighted by Crippen LogP contribution is 2.28. The molecule has 86 valence electrons. The smallest absolute Gasteiger partial charge is 0.237 e. The first-order valence-electron chi connectivity index (χ1n) is 4.77. The normalized spacial score (nSPS) is 8.71. The van der Waals surface area contributed by atoms with Crippen molar-refractivity contribution in [3.05, 3.63) is 22.7 Å². The van der Waals surface area contributed by atoms with Gasteiger partial charge in [0.15, 0.2) is 0 Å². The molecule has 0 radical (unpaired) electrons. The largest absolute Gasteiger partial charge is 0.493 e. The van der Waals surface area contributed by atoms with Crippen LogP contribution in [0.3, 0.4) is 0 Å². The van der Waals surface area contributed by atoms with Gasteiger partial charge in [0.25, 0.3) is 0 Å².